The number of aromatic nitrogens is 2. The molecule has 96 valence electrons. The van der Waals surface area contributed by atoms with E-state index in [4.69, 9.17) is 0 Å². The van der Waals surface area contributed by atoms with Crippen LogP contribution in [0.3, 0.4) is 0 Å². The van der Waals surface area contributed by atoms with Crippen molar-refractivity contribution >= 4 is 17.6 Å². The molecule has 0 aliphatic rings. The Hall–Kier alpha value is -0.770. The third-order valence-electron chi connectivity index (χ3n) is 2.32. The number of hydrogen-bond donors (Lipinski definition) is 1. The fourth-order valence-corrected chi connectivity index (χ4v) is 2.67. The van der Waals surface area contributed by atoms with Gasteiger partial charge in [-0.15, -0.1) is 11.8 Å². The van der Waals surface area contributed by atoms with Crippen molar-refractivity contribution < 1.29 is 0 Å². The van der Waals surface area contributed by atoms with Gasteiger partial charge in [0.2, 0.25) is 0 Å². The molecule has 1 heterocycles. The molecule has 0 aliphatic heterocycles. The monoisotopic (exact) mass is 253 g/mol. The Labute approximate surface area is 109 Å². The number of hydrogen-bond acceptors (Lipinski definition) is 4. The van der Waals surface area contributed by atoms with Gasteiger partial charge in [0.1, 0.15) is 17.2 Å². The average molecular weight is 253 g/mol. The first-order chi connectivity index (χ1) is 8.06. The smallest absolute Gasteiger partial charge is 0.133 e. The third-order valence-corrected chi connectivity index (χ3v) is 3.75. The van der Waals surface area contributed by atoms with Crippen LogP contribution in [0, 0.1) is 5.92 Å². The number of nitrogens with one attached hydrogen (secondary N) is 1. The Kier molecular flexibility index (Phi) is 5.75. The van der Waals surface area contributed by atoms with E-state index in [-0.39, 0.29) is 0 Å². The standard InChI is InChI=1S/C13H23N3S/c1-6-14-12-11(10(4)5)13(16-8-15-12)17-7-9(2)3/h8-10H,6-7H2,1-5H3,(H,14,15,16). The predicted octanol–water partition coefficient (Wildman–Crippen LogP) is 3.78. The second-order valence-corrected chi connectivity index (χ2v) is 5.84. The maximum Gasteiger partial charge on any atom is 0.133 e. The Morgan fingerprint density at radius 3 is 2.47 bits per heavy atom. The average Bonchev–Trinajstić information content (AvgIpc) is 2.26. The molecule has 0 saturated heterocycles. The second kappa shape index (κ2) is 6.84. The summed E-state index contributed by atoms with van der Waals surface area (Å²) in [5, 5.41) is 4.45. The largest absolute Gasteiger partial charge is 0.370 e. The molecule has 0 aliphatic carbocycles. The highest BCUT2D eigenvalue weighted by molar-refractivity contribution is 7.99. The van der Waals surface area contributed by atoms with Gasteiger partial charge in [-0.1, -0.05) is 27.7 Å². The molecular formula is C13H23N3S. The molecule has 0 unspecified atom stereocenters. The van der Waals surface area contributed by atoms with Crippen molar-refractivity contribution in [3.8, 4) is 0 Å². The van der Waals surface area contributed by atoms with Crippen LogP contribution < -0.4 is 5.32 Å². The van der Waals surface area contributed by atoms with E-state index in [1.165, 1.54) is 5.56 Å². The molecule has 0 spiro atoms. The van der Waals surface area contributed by atoms with Crippen LogP contribution in [0.4, 0.5) is 5.82 Å². The molecule has 0 bridgehead atoms. The number of rotatable bonds is 6. The van der Waals surface area contributed by atoms with Gasteiger partial charge >= 0.3 is 0 Å². The zero-order valence-corrected chi connectivity index (χ0v) is 12.3. The summed E-state index contributed by atoms with van der Waals surface area (Å²) in [6.45, 7) is 11.8. The highest BCUT2D eigenvalue weighted by Crippen LogP contribution is 2.31. The van der Waals surface area contributed by atoms with Gasteiger partial charge in [0.15, 0.2) is 0 Å². The van der Waals surface area contributed by atoms with Crippen molar-refractivity contribution in [3.63, 3.8) is 0 Å². The molecule has 1 aromatic rings. The van der Waals surface area contributed by atoms with Crippen molar-refractivity contribution in [1.29, 1.82) is 0 Å². The highest BCUT2D eigenvalue weighted by Gasteiger charge is 2.15. The minimum Gasteiger partial charge on any atom is -0.370 e. The zero-order valence-electron chi connectivity index (χ0n) is 11.4. The normalized spacial score (nSPS) is 11.2. The number of thioether (sulfide) groups is 1. The maximum absolute atomic E-state index is 4.43. The van der Waals surface area contributed by atoms with Crippen molar-refractivity contribution in [3.05, 3.63) is 11.9 Å². The third kappa shape index (κ3) is 4.19. The molecule has 0 aromatic carbocycles. The summed E-state index contributed by atoms with van der Waals surface area (Å²) in [6.07, 6.45) is 1.66. The van der Waals surface area contributed by atoms with Crippen LogP contribution in [0.1, 0.15) is 46.1 Å². The molecule has 0 saturated carbocycles. The van der Waals surface area contributed by atoms with Gasteiger partial charge in [-0.3, -0.25) is 0 Å². The van der Waals surface area contributed by atoms with E-state index in [0.717, 1.165) is 23.1 Å². The van der Waals surface area contributed by atoms with Gasteiger partial charge < -0.3 is 5.32 Å². The lowest BCUT2D eigenvalue weighted by Crippen LogP contribution is -2.07. The number of nitrogens with zero attached hydrogens (tertiary/aromatic N) is 2. The zero-order chi connectivity index (χ0) is 12.8. The first-order valence-electron chi connectivity index (χ1n) is 6.27. The minimum absolute atomic E-state index is 0.444. The van der Waals surface area contributed by atoms with E-state index >= 15 is 0 Å². The van der Waals surface area contributed by atoms with Crippen LogP contribution >= 0.6 is 11.8 Å². The van der Waals surface area contributed by atoms with Crippen LogP contribution in [0.15, 0.2) is 11.4 Å². The summed E-state index contributed by atoms with van der Waals surface area (Å²) in [5.74, 6) is 3.21. The summed E-state index contributed by atoms with van der Waals surface area (Å²) in [4.78, 5) is 8.77. The van der Waals surface area contributed by atoms with E-state index in [1.54, 1.807) is 6.33 Å². The lowest BCUT2D eigenvalue weighted by atomic mass is 10.1. The fourth-order valence-electron chi connectivity index (χ4n) is 1.57. The Morgan fingerprint density at radius 1 is 1.24 bits per heavy atom. The molecular weight excluding hydrogens is 230 g/mol. The van der Waals surface area contributed by atoms with E-state index in [9.17, 15) is 0 Å². The van der Waals surface area contributed by atoms with Gasteiger partial charge in [-0.2, -0.15) is 0 Å². The quantitative estimate of drug-likeness (QED) is 0.618. The second-order valence-electron chi connectivity index (χ2n) is 4.83. The Balaban J connectivity index is 2.98. The van der Waals surface area contributed by atoms with E-state index in [1.807, 2.05) is 11.8 Å². The summed E-state index contributed by atoms with van der Waals surface area (Å²) in [7, 11) is 0. The molecule has 1 rings (SSSR count). The van der Waals surface area contributed by atoms with Crippen LogP contribution in [-0.2, 0) is 0 Å². The van der Waals surface area contributed by atoms with Crippen molar-refractivity contribution in [2.45, 2.75) is 45.6 Å². The first kappa shape index (κ1) is 14.3. The van der Waals surface area contributed by atoms with Gasteiger partial charge in [0.05, 0.1) is 0 Å². The van der Waals surface area contributed by atoms with Crippen molar-refractivity contribution in [2.24, 2.45) is 5.92 Å². The fraction of sp³-hybridized carbons (Fsp3) is 0.692. The number of anilines is 1. The molecule has 0 radical (unpaired) electrons. The molecule has 4 heteroatoms. The lowest BCUT2D eigenvalue weighted by Gasteiger charge is -2.16. The maximum atomic E-state index is 4.43. The SMILES string of the molecule is CCNc1ncnc(SCC(C)C)c1C(C)C. The van der Waals surface area contributed by atoms with Gasteiger partial charge in [-0.25, -0.2) is 9.97 Å². The lowest BCUT2D eigenvalue weighted by molar-refractivity contribution is 0.746. The first-order valence-corrected chi connectivity index (χ1v) is 7.26. The topological polar surface area (TPSA) is 37.8 Å². The van der Waals surface area contributed by atoms with Gasteiger partial charge in [-0.05, 0) is 18.8 Å². The summed E-state index contributed by atoms with van der Waals surface area (Å²) < 4.78 is 0. The Bertz CT molecular complexity index is 351. The molecule has 1 aromatic heterocycles. The summed E-state index contributed by atoms with van der Waals surface area (Å²) in [5.41, 5.74) is 1.25. The molecule has 0 fully saturated rings. The molecule has 3 nitrogen and oxygen atoms in total. The highest BCUT2D eigenvalue weighted by atomic mass is 32.2. The van der Waals surface area contributed by atoms with Crippen LogP contribution in [0.25, 0.3) is 0 Å². The molecule has 0 amide bonds. The predicted molar refractivity (Wildman–Crippen MR) is 75.8 cm³/mol. The molecule has 0 atom stereocenters. The van der Waals surface area contributed by atoms with Crippen molar-refractivity contribution in [2.75, 3.05) is 17.6 Å². The van der Waals surface area contributed by atoms with Crippen LogP contribution in [-0.4, -0.2) is 22.3 Å². The molecule has 1 N–H and O–H groups in total. The molecule has 17 heavy (non-hydrogen) atoms. The summed E-state index contributed by atoms with van der Waals surface area (Å²) >= 11 is 1.83. The van der Waals surface area contributed by atoms with Crippen LogP contribution in [0.2, 0.25) is 0 Å². The van der Waals surface area contributed by atoms with Crippen molar-refractivity contribution in [1.82, 2.24) is 9.97 Å². The minimum atomic E-state index is 0.444. The Morgan fingerprint density at radius 2 is 1.94 bits per heavy atom. The van der Waals surface area contributed by atoms with Crippen LogP contribution in [0.5, 0.6) is 0 Å². The van der Waals surface area contributed by atoms with E-state index in [0.29, 0.717) is 11.8 Å². The van der Waals surface area contributed by atoms with E-state index in [2.05, 4.69) is 49.9 Å². The summed E-state index contributed by atoms with van der Waals surface area (Å²) in [6, 6.07) is 0. The van der Waals surface area contributed by atoms with E-state index < -0.39 is 0 Å². The van der Waals surface area contributed by atoms with Gasteiger partial charge in [0.25, 0.3) is 0 Å². The van der Waals surface area contributed by atoms with Gasteiger partial charge in [0, 0.05) is 17.9 Å².